The average molecular weight is 417 g/mol. The summed E-state index contributed by atoms with van der Waals surface area (Å²) in [7, 11) is -0.134. The SMILES string of the molecule is C#CC[C@@H](C)[C@@H](OCc1ccc(OC)cc1)[C@H](O[Si](CC)(CC)CC)[C@H](C)C=C. The zero-order valence-electron chi connectivity index (χ0n) is 19.2. The van der Waals surface area contributed by atoms with Crippen LogP contribution >= 0.6 is 0 Å². The Hall–Kier alpha value is -1.54. The van der Waals surface area contributed by atoms with Crippen LogP contribution < -0.4 is 4.74 Å². The van der Waals surface area contributed by atoms with Gasteiger partial charge in [-0.25, -0.2) is 0 Å². The largest absolute Gasteiger partial charge is 0.497 e. The number of terminal acetylenes is 1. The lowest BCUT2D eigenvalue weighted by molar-refractivity contribution is -0.0776. The van der Waals surface area contributed by atoms with E-state index in [1.54, 1.807) is 7.11 Å². The number of rotatable bonds is 14. The van der Waals surface area contributed by atoms with Crippen molar-refractivity contribution in [1.82, 2.24) is 0 Å². The summed E-state index contributed by atoms with van der Waals surface area (Å²) in [5.74, 6) is 4.04. The van der Waals surface area contributed by atoms with Gasteiger partial charge in [-0.05, 0) is 41.7 Å². The molecule has 0 bridgehead atoms. The Morgan fingerprint density at radius 1 is 1.07 bits per heavy atom. The van der Waals surface area contributed by atoms with Crippen molar-refractivity contribution in [2.75, 3.05) is 7.11 Å². The van der Waals surface area contributed by atoms with E-state index in [2.05, 4.69) is 47.1 Å². The molecule has 0 N–H and O–H groups in total. The summed E-state index contributed by atoms with van der Waals surface area (Å²) in [4.78, 5) is 0. The van der Waals surface area contributed by atoms with Gasteiger partial charge in [-0.15, -0.1) is 18.9 Å². The minimum Gasteiger partial charge on any atom is -0.497 e. The second-order valence-corrected chi connectivity index (χ2v) is 12.7. The Labute approximate surface area is 180 Å². The molecule has 0 saturated carbocycles. The normalized spacial score (nSPS) is 15.8. The molecular formula is C25H40O3Si. The minimum atomic E-state index is -1.81. The molecule has 0 heterocycles. The maximum atomic E-state index is 6.95. The highest BCUT2D eigenvalue weighted by Gasteiger charge is 2.39. The van der Waals surface area contributed by atoms with Gasteiger partial charge in [0.05, 0.1) is 25.9 Å². The lowest BCUT2D eigenvalue weighted by Gasteiger charge is -2.41. The van der Waals surface area contributed by atoms with Gasteiger partial charge in [-0.1, -0.05) is 52.8 Å². The Balaban J connectivity index is 3.12. The molecule has 0 aliphatic carbocycles. The van der Waals surface area contributed by atoms with Gasteiger partial charge in [-0.2, -0.15) is 0 Å². The Morgan fingerprint density at radius 3 is 2.10 bits per heavy atom. The minimum absolute atomic E-state index is 0.0411. The van der Waals surface area contributed by atoms with Crippen LogP contribution in [-0.4, -0.2) is 27.6 Å². The van der Waals surface area contributed by atoms with Crippen LogP contribution in [0.15, 0.2) is 36.9 Å². The molecule has 0 aliphatic heterocycles. The zero-order chi connectivity index (χ0) is 21.9. The van der Waals surface area contributed by atoms with Crippen molar-refractivity contribution in [2.24, 2.45) is 11.8 Å². The fourth-order valence-corrected chi connectivity index (χ4v) is 6.62. The van der Waals surface area contributed by atoms with E-state index in [4.69, 9.17) is 20.3 Å². The van der Waals surface area contributed by atoms with E-state index >= 15 is 0 Å². The molecule has 0 saturated heterocycles. The third kappa shape index (κ3) is 7.33. The smallest absolute Gasteiger partial charge is 0.192 e. The van der Waals surface area contributed by atoms with Gasteiger partial charge < -0.3 is 13.9 Å². The van der Waals surface area contributed by atoms with E-state index in [1.165, 1.54) is 0 Å². The first kappa shape index (κ1) is 25.5. The number of methoxy groups -OCH3 is 1. The molecule has 4 heteroatoms. The molecule has 1 aromatic carbocycles. The topological polar surface area (TPSA) is 27.7 Å². The van der Waals surface area contributed by atoms with Gasteiger partial charge in [0, 0.05) is 12.3 Å². The highest BCUT2D eigenvalue weighted by Crippen LogP contribution is 2.32. The first-order chi connectivity index (χ1) is 13.9. The molecule has 162 valence electrons. The first-order valence-corrected chi connectivity index (χ1v) is 13.4. The maximum Gasteiger partial charge on any atom is 0.192 e. The molecular weight excluding hydrogens is 376 g/mol. The third-order valence-corrected chi connectivity index (χ3v) is 10.8. The zero-order valence-corrected chi connectivity index (χ0v) is 20.2. The highest BCUT2D eigenvalue weighted by molar-refractivity contribution is 6.73. The molecule has 1 rings (SSSR count). The van der Waals surface area contributed by atoms with E-state index in [0.717, 1.165) is 29.4 Å². The Kier molecular flexibility index (Phi) is 11.3. The Morgan fingerprint density at radius 2 is 1.66 bits per heavy atom. The van der Waals surface area contributed by atoms with E-state index in [1.807, 2.05) is 30.3 Å². The van der Waals surface area contributed by atoms with Crippen molar-refractivity contribution in [3.05, 3.63) is 42.5 Å². The first-order valence-electron chi connectivity index (χ1n) is 10.9. The van der Waals surface area contributed by atoms with E-state index in [0.29, 0.717) is 13.0 Å². The molecule has 29 heavy (non-hydrogen) atoms. The van der Waals surface area contributed by atoms with E-state index in [-0.39, 0.29) is 24.0 Å². The van der Waals surface area contributed by atoms with Gasteiger partial charge in [0.25, 0.3) is 0 Å². The summed E-state index contributed by atoms with van der Waals surface area (Å²) in [6.07, 6.45) is 8.17. The summed E-state index contributed by atoms with van der Waals surface area (Å²) in [5, 5.41) is 0. The lowest BCUT2D eigenvalue weighted by atomic mass is 9.90. The molecule has 0 amide bonds. The third-order valence-electron chi connectivity index (χ3n) is 6.14. The van der Waals surface area contributed by atoms with Crippen LogP contribution in [-0.2, 0) is 15.8 Å². The summed E-state index contributed by atoms with van der Waals surface area (Å²) in [6.45, 7) is 15.7. The molecule has 4 atom stereocenters. The quantitative estimate of drug-likeness (QED) is 0.198. The van der Waals surface area contributed by atoms with Crippen LogP contribution in [0.5, 0.6) is 5.75 Å². The summed E-state index contributed by atoms with van der Waals surface area (Å²) >= 11 is 0. The predicted molar refractivity (Wildman–Crippen MR) is 126 cm³/mol. The summed E-state index contributed by atoms with van der Waals surface area (Å²) in [6, 6.07) is 11.3. The van der Waals surface area contributed by atoms with Crippen molar-refractivity contribution >= 4 is 8.32 Å². The van der Waals surface area contributed by atoms with Crippen molar-refractivity contribution in [3.63, 3.8) is 0 Å². The molecule has 0 aliphatic rings. The molecule has 0 fully saturated rings. The molecule has 3 nitrogen and oxygen atoms in total. The van der Waals surface area contributed by atoms with Gasteiger partial charge in [-0.3, -0.25) is 0 Å². The Bertz CT molecular complexity index is 622. The van der Waals surface area contributed by atoms with Crippen LogP contribution in [0.3, 0.4) is 0 Å². The van der Waals surface area contributed by atoms with Crippen LogP contribution in [0.4, 0.5) is 0 Å². The van der Waals surface area contributed by atoms with Crippen molar-refractivity contribution in [1.29, 1.82) is 0 Å². The summed E-state index contributed by atoms with van der Waals surface area (Å²) in [5.41, 5.74) is 1.11. The number of benzene rings is 1. The van der Waals surface area contributed by atoms with E-state index in [9.17, 15) is 0 Å². The predicted octanol–water partition coefficient (Wildman–Crippen LogP) is 6.45. The van der Waals surface area contributed by atoms with Crippen LogP contribution in [0.2, 0.25) is 18.1 Å². The van der Waals surface area contributed by atoms with Crippen LogP contribution in [0, 0.1) is 24.2 Å². The summed E-state index contributed by atoms with van der Waals surface area (Å²) < 4.78 is 18.7. The van der Waals surface area contributed by atoms with Crippen molar-refractivity contribution < 1.29 is 13.9 Å². The van der Waals surface area contributed by atoms with Crippen LogP contribution in [0.1, 0.15) is 46.6 Å². The average Bonchev–Trinajstić information content (AvgIpc) is 2.76. The molecule has 0 unspecified atom stereocenters. The second-order valence-electron chi connectivity index (χ2n) is 7.93. The van der Waals surface area contributed by atoms with Gasteiger partial charge in [0.15, 0.2) is 8.32 Å². The standard InChI is InChI=1S/C25H40O3Si/c1-9-14-21(7)24(27-19-22-15-17-23(26-8)18-16-22)25(20(6)10-2)28-29(11-3,12-4)13-5/h1,10,15-18,20-21,24-25H,2,11-14,19H2,3-8H3/t20-,21-,24-,25-/m1/s1. The van der Waals surface area contributed by atoms with Gasteiger partial charge in [0.1, 0.15) is 5.75 Å². The maximum absolute atomic E-state index is 6.95. The fraction of sp³-hybridized carbons (Fsp3) is 0.600. The monoisotopic (exact) mass is 416 g/mol. The lowest BCUT2D eigenvalue weighted by Crippen LogP contribution is -2.49. The van der Waals surface area contributed by atoms with Crippen LogP contribution in [0.25, 0.3) is 0 Å². The van der Waals surface area contributed by atoms with Gasteiger partial charge >= 0.3 is 0 Å². The number of ether oxygens (including phenoxy) is 2. The molecule has 1 aromatic rings. The van der Waals surface area contributed by atoms with Crippen molar-refractivity contribution in [3.8, 4) is 18.1 Å². The fourth-order valence-electron chi connectivity index (χ4n) is 3.70. The van der Waals surface area contributed by atoms with Crippen molar-refractivity contribution in [2.45, 2.75) is 78.0 Å². The number of hydrogen-bond acceptors (Lipinski definition) is 3. The molecule has 0 aromatic heterocycles. The second kappa shape index (κ2) is 12.9. The highest BCUT2D eigenvalue weighted by atomic mass is 28.4. The molecule has 0 radical (unpaired) electrons. The van der Waals surface area contributed by atoms with E-state index < -0.39 is 8.32 Å². The number of hydrogen-bond donors (Lipinski definition) is 0. The molecule has 0 spiro atoms. The van der Waals surface area contributed by atoms with Gasteiger partial charge in [0.2, 0.25) is 0 Å².